The molecule has 0 unspecified atom stereocenters. The van der Waals surface area contributed by atoms with Gasteiger partial charge in [0.25, 0.3) is 0 Å². The van der Waals surface area contributed by atoms with Gasteiger partial charge in [0.2, 0.25) is 0 Å². The van der Waals surface area contributed by atoms with E-state index in [1.165, 1.54) is 6.20 Å². The molecular formula is C7H14N2. The highest BCUT2D eigenvalue weighted by atomic mass is 14.7. The maximum Gasteiger partial charge on any atom is 0.0384 e. The Labute approximate surface area is 56.5 Å². The Hall–Kier alpha value is -0.790. The second-order valence-corrected chi connectivity index (χ2v) is 2.16. The van der Waals surface area contributed by atoms with Gasteiger partial charge in [0.1, 0.15) is 0 Å². The highest BCUT2D eigenvalue weighted by molar-refractivity contribution is 5.96. The van der Waals surface area contributed by atoms with Crippen molar-refractivity contribution in [3.05, 3.63) is 12.3 Å². The van der Waals surface area contributed by atoms with Crippen LogP contribution in [0.1, 0.15) is 13.8 Å². The molecule has 0 atom stereocenters. The minimum atomic E-state index is 0.467. The molecule has 0 saturated carbocycles. The molecule has 2 N–H and O–H groups in total. The van der Waals surface area contributed by atoms with Crippen molar-refractivity contribution in [2.45, 2.75) is 13.8 Å². The fraction of sp³-hybridized carbons (Fsp3) is 0.571. The first kappa shape index (κ1) is 8.21. The lowest BCUT2D eigenvalue weighted by atomic mass is 10.1. The Balaban J connectivity index is 4.01. The van der Waals surface area contributed by atoms with Gasteiger partial charge in [0, 0.05) is 12.8 Å². The van der Waals surface area contributed by atoms with Crippen LogP contribution in [0.3, 0.4) is 0 Å². The van der Waals surface area contributed by atoms with Crippen LogP contribution < -0.4 is 5.73 Å². The van der Waals surface area contributed by atoms with E-state index in [1.54, 1.807) is 7.05 Å². The van der Waals surface area contributed by atoms with E-state index in [-0.39, 0.29) is 0 Å². The van der Waals surface area contributed by atoms with Gasteiger partial charge in [-0.15, -0.1) is 0 Å². The van der Waals surface area contributed by atoms with Crippen molar-refractivity contribution in [2.24, 2.45) is 16.6 Å². The number of aliphatic imine (C=N–C) groups is 1. The third kappa shape index (κ3) is 2.90. The molecule has 0 rings (SSSR count). The molecule has 2 heteroatoms. The van der Waals surface area contributed by atoms with Crippen LogP contribution in [0.5, 0.6) is 0 Å². The van der Waals surface area contributed by atoms with E-state index in [2.05, 4.69) is 18.8 Å². The highest BCUT2D eigenvalue weighted by Crippen LogP contribution is 1.96. The molecule has 0 heterocycles. The molecule has 0 aromatic heterocycles. The summed E-state index contributed by atoms with van der Waals surface area (Å²) in [4.78, 5) is 4.03. The van der Waals surface area contributed by atoms with Crippen molar-refractivity contribution in [1.29, 1.82) is 0 Å². The number of hydrogen-bond acceptors (Lipinski definition) is 2. The van der Waals surface area contributed by atoms with Gasteiger partial charge in [-0.05, 0) is 18.2 Å². The van der Waals surface area contributed by atoms with Gasteiger partial charge in [0.05, 0.1) is 0 Å². The van der Waals surface area contributed by atoms with Crippen molar-refractivity contribution in [1.82, 2.24) is 0 Å². The molecule has 0 aliphatic carbocycles. The van der Waals surface area contributed by atoms with Crippen molar-refractivity contribution < 1.29 is 0 Å². The summed E-state index contributed by atoms with van der Waals surface area (Å²) in [7, 11) is 1.77. The Kier molecular flexibility index (Phi) is 3.76. The standard InChI is InChI=1S/C7H14N2/c1-6(2)7(9-3)4-5-8/h4-6H,8H2,1-3H3. The lowest BCUT2D eigenvalue weighted by Gasteiger charge is -2.01. The number of nitrogens with zero attached hydrogens (tertiary/aromatic N) is 1. The zero-order chi connectivity index (χ0) is 7.28. The van der Waals surface area contributed by atoms with Crippen LogP contribution >= 0.6 is 0 Å². The average Bonchev–Trinajstić information content (AvgIpc) is 1.82. The van der Waals surface area contributed by atoms with Crippen LogP contribution in [0, 0.1) is 5.92 Å². The van der Waals surface area contributed by atoms with Crippen LogP contribution in [0.2, 0.25) is 0 Å². The predicted molar refractivity (Wildman–Crippen MR) is 41.5 cm³/mol. The van der Waals surface area contributed by atoms with Crippen molar-refractivity contribution in [3.8, 4) is 0 Å². The van der Waals surface area contributed by atoms with E-state index >= 15 is 0 Å². The normalized spacial score (nSPS) is 13.6. The van der Waals surface area contributed by atoms with Gasteiger partial charge in [-0.2, -0.15) is 0 Å². The Morgan fingerprint density at radius 1 is 1.56 bits per heavy atom. The van der Waals surface area contributed by atoms with E-state index in [0.29, 0.717) is 5.92 Å². The molecule has 0 saturated heterocycles. The number of nitrogens with two attached hydrogens (primary N) is 1. The minimum absolute atomic E-state index is 0.467. The maximum absolute atomic E-state index is 5.18. The molecule has 52 valence electrons. The van der Waals surface area contributed by atoms with E-state index in [9.17, 15) is 0 Å². The first-order chi connectivity index (χ1) is 4.22. The van der Waals surface area contributed by atoms with Crippen LogP contribution in [0.25, 0.3) is 0 Å². The SMILES string of the molecule is CN=C(C=CN)C(C)C. The number of hydrogen-bond donors (Lipinski definition) is 1. The summed E-state index contributed by atoms with van der Waals surface area (Å²) in [5, 5.41) is 0. The summed E-state index contributed by atoms with van der Waals surface area (Å²) in [5.74, 6) is 0.467. The zero-order valence-electron chi connectivity index (χ0n) is 6.26. The van der Waals surface area contributed by atoms with Gasteiger partial charge in [0.15, 0.2) is 0 Å². The summed E-state index contributed by atoms with van der Waals surface area (Å²) in [5.41, 5.74) is 6.22. The first-order valence-electron chi connectivity index (χ1n) is 3.07. The largest absolute Gasteiger partial charge is 0.405 e. The maximum atomic E-state index is 5.18. The van der Waals surface area contributed by atoms with E-state index in [0.717, 1.165) is 5.71 Å². The van der Waals surface area contributed by atoms with Crippen molar-refractivity contribution in [2.75, 3.05) is 7.05 Å². The Bertz CT molecular complexity index is 123. The molecule has 0 amide bonds. The number of allylic oxidation sites excluding steroid dienone is 1. The number of rotatable bonds is 2. The molecule has 0 spiro atoms. The molecule has 9 heavy (non-hydrogen) atoms. The molecular weight excluding hydrogens is 112 g/mol. The Morgan fingerprint density at radius 2 is 2.11 bits per heavy atom. The monoisotopic (exact) mass is 126 g/mol. The zero-order valence-corrected chi connectivity index (χ0v) is 6.26. The molecule has 0 fully saturated rings. The van der Waals surface area contributed by atoms with E-state index < -0.39 is 0 Å². The second kappa shape index (κ2) is 4.13. The van der Waals surface area contributed by atoms with Crippen molar-refractivity contribution >= 4 is 5.71 Å². The van der Waals surface area contributed by atoms with E-state index in [1.807, 2.05) is 6.08 Å². The fourth-order valence-electron chi connectivity index (χ4n) is 0.624. The highest BCUT2D eigenvalue weighted by Gasteiger charge is 1.96. The fourth-order valence-corrected chi connectivity index (χ4v) is 0.624. The molecule has 0 aromatic rings. The van der Waals surface area contributed by atoms with Gasteiger partial charge >= 0.3 is 0 Å². The topological polar surface area (TPSA) is 38.4 Å². The first-order valence-corrected chi connectivity index (χ1v) is 3.07. The van der Waals surface area contributed by atoms with Crippen LogP contribution in [-0.4, -0.2) is 12.8 Å². The molecule has 0 bridgehead atoms. The summed E-state index contributed by atoms with van der Waals surface area (Å²) in [6.45, 7) is 4.17. The Morgan fingerprint density at radius 3 is 2.22 bits per heavy atom. The molecule has 2 nitrogen and oxygen atoms in total. The second-order valence-electron chi connectivity index (χ2n) is 2.16. The minimum Gasteiger partial charge on any atom is -0.405 e. The van der Waals surface area contributed by atoms with E-state index in [4.69, 9.17) is 5.73 Å². The summed E-state index contributed by atoms with van der Waals surface area (Å²) in [6, 6.07) is 0. The summed E-state index contributed by atoms with van der Waals surface area (Å²) >= 11 is 0. The molecule has 0 radical (unpaired) electrons. The predicted octanol–water partition coefficient (Wildman–Crippen LogP) is 1.19. The van der Waals surface area contributed by atoms with Crippen LogP contribution in [0.4, 0.5) is 0 Å². The molecule has 0 aliphatic heterocycles. The van der Waals surface area contributed by atoms with Gasteiger partial charge in [-0.25, -0.2) is 0 Å². The third-order valence-corrected chi connectivity index (χ3v) is 1.12. The lowest BCUT2D eigenvalue weighted by molar-refractivity contribution is 0.886. The lowest BCUT2D eigenvalue weighted by Crippen LogP contribution is -2.03. The molecule has 0 aliphatic rings. The third-order valence-electron chi connectivity index (χ3n) is 1.12. The van der Waals surface area contributed by atoms with Crippen molar-refractivity contribution in [3.63, 3.8) is 0 Å². The smallest absolute Gasteiger partial charge is 0.0384 e. The summed E-state index contributed by atoms with van der Waals surface area (Å²) in [6.07, 6.45) is 3.34. The van der Waals surface area contributed by atoms with Crippen LogP contribution in [0.15, 0.2) is 17.3 Å². The average molecular weight is 126 g/mol. The molecule has 0 aromatic carbocycles. The quantitative estimate of drug-likeness (QED) is 0.554. The van der Waals surface area contributed by atoms with Gasteiger partial charge in [-0.1, -0.05) is 13.8 Å². The van der Waals surface area contributed by atoms with Gasteiger partial charge in [-0.3, -0.25) is 4.99 Å². The summed E-state index contributed by atoms with van der Waals surface area (Å²) < 4.78 is 0. The van der Waals surface area contributed by atoms with Crippen LogP contribution in [-0.2, 0) is 0 Å². The van der Waals surface area contributed by atoms with Gasteiger partial charge < -0.3 is 5.73 Å².